The Morgan fingerprint density at radius 1 is 1.13 bits per heavy atom. The minimum Gasteiger partial charge on any atom is -0.468 e. The van der Waals surface area contributed by atoms with E-state index in [-0.39, 0.29) is 11.8 Å². The van der Waals surface area contributed by atoms with Crippen molar-refractivity contribution in [2.45, 2.75) is 44.2 Å². The van der Waals surface area contributed by atoms with Crippen LogP contribution in [0.3, 0.4) is 0 Å². The van der Waals surface area contributed by atoms with Gasteiger partial charge < -0.3 is 18.9 Å². The third-order valence-corrected chi connectivity index (χ3v) is 6.14. The molecule has 126 valence electrons. The van der Waals surface area contributed by atoms with E-state index in [1.807, 2.05) is 0 Å². The smallest absolute Gasteiger partial charge is 0.334 e. The Bertz CT molecular complexity index is 608. The maximum atomic E-state index is 13.2. The summed E-state index contributed by atoms with van der Waals surface area (Å²) < 4.78 is 21.9. The molecule has 4 bridgehead atoms. The largest absolute Gasteiger partial charge is 0.468 e. The molecule has 23 heavy (non-hydrogen) atoms. The third kappa shape index (κ3) is 1.30. The average molecular weight is 324 g/mol. The first-order valence-electron chi connectivity index (χ1n) is 7.87. The van der Waals surface area contributed by atoms with E-state index in [4.69, 9.17) is 18.9 Å². The fourth-order valence-electron chi connectivity index (χ4n) is 5.72. The number of methoxy groups -OCH3 is 2. The third-order valence-electron chi connectivity index (χ3n) is 6.14. The highest BCUT2D eigenvalue weighted by molar-refractivity contribution is 6.25. The second kappa shape index (κ2) is 4.13. The fourth-order valence-corrected chi connectivity index (χ4v) is 5.72. The number of rotatable bonds is 2. The second-order valence-electron chi connectivity index (χ2n) is 7.30. The van der Waals surface area contributed by atoms with Crippen LogP contribution in [0.4, 0.5) is 0 Å². The van der Waals surface area contributed by atoms with Gasteiger partial charge in [-0.15, -0.1) is 0 Å². The van der Waals surface area contributed by atoms with Crippen molar-refractivity contribution < 1.29 is 33.3 Å². The Morgan fingerprint density at radius 2 is 1.74 bits per heavy atom. The standard InChI is InChI=1S/C16H20O7/c1-14(2)22-11-7-5-6-8-9(7)10(17)15(12(18)20-3,13(19)21-4)16(8,11)23-14/h7-9,11H,5-6H2,1-4H3. The van der Waals surface area contributed by atoms with Gasteiger partial charge >= 0.3 is 11.9 Å². The van der Waals surface area contributed by atoms with Crippen LogP contribution in [-0.2, 0) is 33.3 Å². The van der Waals surface area contributed by atoms with Crippen LogP contribution in [0.2, 0.25) is 0 Å². The summed E-state index contributed by atoms with van der Waals surface area (Å²) in [7, 11) is 2.33. The zero-order valence-corrected chi connectivity index (χ0v) is 13.6. The summed E-state index contributed by atoms with van der Waals surface area (Å²) in [5.41, 5.74) is -3.40. The number of carbonyl (C=O) groups excluding carboxylic acids is 3. The summed E-state index contributed by atoms with van der Waals surface area (Å²) in [6.45, 7) is 3.47. The lowest BCUT2D eigenvalue weighted by Gasteiger charge is -2.45. The van der Waals surface area contributed by atoms with Crippen molar-refractivity contribution in [3.05, 3.63) is 0 Å². The van der Waals surface area contributed by atoms with Crippen LogP contribution in [0.1, 0.15) is 26.7 Å². The molecule has 0 N–H and O–H groups in total. The zero-order valence-electron chi connectivity index (χ0n) is 13.6. The van der Waals surface area contributed by atoms with E-state index in [9.17, 15) is 14.4 Å². The summed E-state index contributed by atoms with van der Waals surface area (Å²) in [5, 5.41) is 0. The number of hydrogen-bond acceptors (Lipinski definition) is 7. The number of esters is 2. The molecule has 7 nitrogen and oxygen atoms in total. The summed E-state index contributed by atoms with van der Waals surface area (Å²) in [6.07, 6.45) is 1.09. The minimum atomic E-state index is -2.08. The van der Waals surface area contributed by atoms with Crippen LogP contribution >= 0.6 is 0 Å². The van der Waals surface area contributed by atoms with Gasteiger partial charge in [0.15, 0.2) is 11.6 Å². The lowest BCUT2D eigenvalue weighted by Crippen LogP contribution is -2.68. The molecule has 1 saturated heterocycles. The van der Waals surface area contributed by atoms with Crippen molar-refractivity contribution in [3.8, 4) is 0 Å². The van der Waals surface area contributed by atoms with Crippen molar-refractivity contribution in [2.75, 3.05) is 14.2 Å². The van der Waals surface area contributed by atoms with E-state index in [0.29, 0.717) is 0 Å². The molecule has 0 amide bonds. The SMILES string of the molecule is COC(=O)C1(C(=O)OC)C(=O)C2C3CCC2C12OC(C)(C)OC32. The maximum Gasteiger partial charge on any atom is 0.334 e. The van der Waals surface area contributed by atoms with Gasteiger partial charge in [0.1, 0.15) is 5.60 Å². The van der Waals surface area contributed by atoms with Gasteiger partial charge in [0.05, 0.1) is 20.3 Å². The molecule has 0 aromatic rings. The number of ether oxygens (including phenoxy) is 4. The highest BCUT2D eigenvalue weighted by Gasteiger charge is 2.91. The van der Waals surface area contributed by atoms with Gasteiger partial charge in [-0.3, -0.25) is 14.4 Å². The predicted molar refractivity (Wildman–Crippen MR) is 73.9 cm³/mol. The van der Waals surface area contributed by atoms with Crippen LogP contribution < -0.4 is 0 Å². The average Bonchev–Trinajstić information content (AvgIpc) is 3.16. The Balaban J connectivity index is 1.99. The van der Waals surface area contributed by atoms with E-state index in [1.165, 1.54) is 0 Å². The first-order valence-corrected chi connectivity index (χ1v) is 7.87. The predicted octanol–water partition coefficient (Wildman–Crippen LogP) is 0.448. The summed E-state index contributed by atoms with van der Waals surface area (Å²) in [5.74, 6) is -3.87. The van der Waals surface area contributed by atoms with E-state index >= 15 is 0 Å². The monoisotopic (exact) mass is 324 g/mol. The van der Waals surface area contributed by atoms with Gasteiger partial charge in [-0.2, -0.15) is 0 Å². The van der Waals surface area contributed by atoms with Crippen molar-refractivity contribution in [1.29, 1.82) is 0 Å². The molecule has 1 heterocycles. The quantitative estimate of drug-likeness (QED) is 0.538. The van der Waals surface area contributed by atoms with E-state index in [2.05, 4.69) is 0 Å². The number of ketones is 1. The van der Waals surface area contributed by atoms with E-state index in [0.717, 1.165) is 27.1 Å². The number of Topliss-reactive ketones (excluding diaryl/α,β-unsaturated/α-hetero) is 1. The van der Waals surface area contributed by atoms with Gasteiger partial charge in [0, 0.05) is 11.8 Å². The van der Waals surface area contributed by atoms with Gasteiger partial charge in [0.2, 0.25) is 0 Å². The van der Waals surface area contributed by atoms with E-state index in [1.54, 1.807) is 13.8 Å². The van der Waals surface area contributed by atoms with Crippen LogP contribution in [0.15, 0.2) is 0 Å². The summed E-state index contributed by atoms with van der Waals surface area (Å²) >= 11 is 0. The Kier molecular flexibility index (Phi) is 2.71. The summed E-state index contributed by atoms with van der Waals surface area (Å²) in [6, 6.07) is 0. The van der Waals surface area contributed by atoms with Crippen molar-refractivity contribution in [3.63, 3.8) is 0 Å². The summed E-state index contributed by atoms with van der Waals surface area (Å²) in [4.78, 5) is 38.5. The van der Waals surface area contributed by atoms with Crippen molar-refractivity contribution in [2.24, 2.45) is 23.2 Å². The molecule has 1 spiro atoms. The molecule has 1 aliphatic heterocycles. The first-order chi connectivity index (χ1) is 10.8. The van der Waals surface area contributed by atoms with Gasteiger partial charge in [-0.05, 0) is 32.6 Å². The second-order valence-corrected chi connectivity index (χ2v) is 7.30. The van der Waals surface area contributed by atoms with Gasteiger partial charge in [-0.25, -0.2) is 0 Å². The molecular formula is C16H20O7. The maximum absolute atomic E-state index is 13.2. The molecule has 0 aromatic carbocycles. The van der Waals surface area contributed by atoms with E-state index < -0.39 is 46.5 Å². The topological polar surface area (TPSA) is 88.1 Å². The van der Waals surface area contributed by atoms with Crippen LogP contribution in [0.25, 0.3) is 0 Å². The highest BCUT2D eigenvalue weighted by atomic mass is 16.8. The Hall–Kier alpha value is -1.47. The molecular weight excluding hydrogens is 304 g/mol. The Morgan fingerprint density at radius 3 is 2.30 bits per heavy atom. The molecule has 3 saturated carbocycles. The van der Waals surface area contributed by atoms with Crippen molar-refractivity contribution in [1.82, 2.24) is 0 Å². The zero-order chi connectivity index (χ0) is 16.8. The van der Waals surface area contributed by atoms with Crippen LogP contribution in [0, 0.1) is 23.2 Å². The molecule has 5 atom stereocenters. The lowest BCUT2D eigenvalue weighted by molar-refractivity contribution is -0.212. The number of carbonyl (C=O) groups is 3. The van der Waals surface area contributed by atoms with Crippen LogP contribution in [-0.4, -0.2) is 49.4 Å². The normalized spacial score (nSPS) is 44.3. The number of fused-ring (bicyclic) bond motifs is 1. The molecule has 3 aliphatic carbocycles. The lowest BCUT2D eigenvalue weighted by atomic mass is 9.62. The molecule has 4 aliphatic rings. The first kappa shape index (κ1) is 15.1. The van der Waals surface area contributed by atoms with Crippen molar-refractivity contribution >= 4 is 17.7 Å². The highest BCUT2D eigenvalue weighted by Crippen LogP contribution is 2.74. The van der Waals surface area contributed by atoms with Gasteiger partial charge in [0.25, 0.3) is 5.41 Å². The molecule has 0 aromatic heterocycles. The fraction of sp³-hybridized carbons (Fsp3) is 0.812. The molecule has 4 rings (SSSR count). The minimum absolute atomic E-state index is 0.0169. The number of hydrogen-bond donors (Lipinski definition) is 0. The van der Waals surface area contributed by atoms with Gasteiger partial charge in [-0.1, -0.05) is 0 Å². The Labute approximate surface area is 133 Å². The molecule has 0 radical (unpaired) electrons. The molecule has 7 heteroatoms. The molecule has 4 fully saturated rings. The molecule has 5 unspecified atom stereocenters. The van der Waals surface area contributed by atoms with Crippen LogP contribution in [0.5, 0.6) is 0 Å².